The van der Waals surface area contributed by atoms with Crippen molar-refractivity contribution in [3.05, 3.63) is 82.7 Å². The number of halogens is 1. The van der Waals surface area contributed by atoms with Crippen molar-refractivity contribution in [2.24, 2.45) is 5.73 Å². The number of hydrogen-bond donors (Lipinski definition) is 5. The molecule has 1 aromatic heterocycles. The second-order valence-electron chi connectivity index (χ2n) is 8.44. The molecule has 1 saturated heterocycles. The number of nitrogens with one attached hydrogen (secondary N) is 3. The fraction of sp³-hybridized carbons (Fsp3) is 0.192. The molecule has 1 aliphatic rings. The highest BCUT2D eigenvalue weighted by atomic mass is 19.1. The molecule has 4 aromatic rings. The molecule has 5 rings (SSSR count). The summed E-state index contributed by atoms with van der Waals surface area (Å²) in [5, 5.41) is 26.3. The quantitative estimate of drug-likeness (QED) is 0.240. The van der Waals surface area contributed by atoms with Crippen LogP contribution in [0.15, 0.2) is 54.6 Å². The molecule has 0 spiro atoms. The summed E-state index contributed by atoms with van der Waals surface area (Å²) in [6, 6.07) is 13.3. The second-order valence-corrected chi connectivity index (χ2v) is 8.44. The van der Waals surface area contributed by atoms with E-state index in [1.54, 1.807) is 18.2 Å². The zero-order valence-electron chi connectivity index (χ0n) is 20.3. The van der Waals surface area contributed by atoms with Gasteiger partial charge in [0.05, 0.1) is 7.11 Å². The first-order valence-electron chi connectivity index (χ1n) is 11.6. The molecule has 0 radical (unpaired) electrons. The molecule has 0 unspecified atom stereocenters. The van der Waals surface area contributed by atoms with Gasteiger partial charge < -0.3 is 26.2 Å². The van der Waals surface area contributed by atoms with E-state index in [0.717, 1.165) is 25.0 Å². The van der Waals surface area contributed by atoms with Gasteiger partial charge in [-0.15, -0.1) is 0 Å². The van der Waals surface area contributed by atoms with E-state index >= 15 is 0 Å². The third-order valence-electron chi connectivity index (χ3n) is 5.94. The Morgan fingerprint density at radius 1 is 1.03 bits per heavy atom. The highest BCUT2D eigenvalue weighted by molar-refractivity contribution is 6.11. The number of hydrogen-bond acceptors (Lipinski definition) is 8. The summed E-state index contributed by atoms with van der Waals surface area (Å²) in [7, 11) is 1.26. The first kappa shape index (κ1) is 26.2. The van der Waals surface area contributed by atoms with Crippen LogP contribution in [0.1, 0.15) is 43.1 Å². The van der Waals surface area contributed by atoms with E-state index in [0.29, 0.717) is 11.1 Å². The van der Waals surface area contributed by atoms with Crippen LogP contribution in [0.2, 0.25) is 0 Å². The van der Waals surface area contributed by atoms with Crippen molar-refractivity contribution >= 4 is 28.6 Å². The number of nitrogens with two attached hydrogens (primary N) is 1. The van der Waals surface area contributed by atoms with Crippen molar-refractivity contribution in [2.45, 2.75) is 12.5 Å². The van der Waals surface area contributed by atoms with Gasteiger partial charge in [0.15, 0.2) is 17.3 Å². The van der Waals surface area contributed by atoms with Crippen molar-refractivity contribution in [1.29, 1.82) is 0 Å². The summed E-state index contributed by atoms with van der Waals surface area (Å²) in [5.74, 6) is -2.99. The number of fused-ring (bicyclic) bond motifs is 1. The number of amides is 2. The summed E-state index contributed by atoms with van der Waals surface area (Å²) < 4.78 is 18.9. The van der Waals surface area contributed by atoms with Gasteiger partial charge in [-0.1, -0.05) is 12.1 Å². The van der Waals surface area contributed by atoms with Crippen LogP contribution in [0, 0.1) is 5.82 Å². The van der Waals surface area contributed by atoms with Gasteiger partial charge in [-0.2, -0.15) is 15.4 Å². The molecule has 2 amide bonds. The third-order valence-corrected chi connectivity index (χ3v) is 5.94. The molecule has 38 heavy (non-hydrogen) atoms. The number of aromatic hydroxyl groups is 1. The van der Waals surface area contributed by atoms with Gasteiger partial charge in [-0.25, -0.2) is 4.39 Å². The molecule has 11 nitrogen and oxygen atoms in total. The topological polar surface area (TPSA) is 172 Å². The predicted octanol–water partition coefficient (Wildman–Crippen LogP) is 1.92. The lowest BCUT2D eigenvalue weighted by atomic mass is 10.00. The Bertz CT molecular complexity index is 1480. The van der Waals surface area contributed by atoms with Crippen LogP contribution in [-0.2, 0) is 0 Å². The van der Waals surface area contributed by atoms with E-state index in [1.165, 1.54) is 43.5 Å². The van der Waals surface area contributed by atoms with Crippen LogP contribution >= 0.6 is 0 Å². The summed E-state index contributed by atoms with van der Waals surface area (Å²) in [6.07, 6.45) is 0.984. The highest BCUT2D eigenvalue weighted by Crippen LogP contribution is 2.30. The smallest absolute Gasteiger partial charge is 0.251 e. The van der Waals surface area contributed by atoms with E-state index in [9.17, 15) is 23.9 Å². The number of methoxy groups -OCH3 is 1. The first-order valence-corrected chi connectivity index (χ1v) is 11.6. The lowest BCUT2D eigenvalue weighted by molar-refractivity contribution is 0.0938. The Morgan fingerprint density at radius 2 is 1.71 bits per heavy atom. The number of phenolic OH excluding ortho intramolecular Hbond substituents is 1. The Labute approximate surface area is 216 Å². The number of carbonyl (C=O) groups excluding carboxylic acids is 3. The molecule has 1 aliphatic heterocycles. The maximum Gasteiger partial charge on any atom is 0.251 e. The molecule has 0 aliphatic carbocycles. The zero-order valence-corrected chi connectivity index (χ0v) is 20.3. The Morgan fingerprint density at radius 3 is 2.37 bits per heavy atom. The van der Waals surface area contributed by atoms with Gasteiger partial charge in [-0.05, 0) is 55.4 Å². The lowest BCUT2D eigenvalue weighted by Gasteiger charge is -2.10. The molecule has 3 aromatic carbocycles. The molecule has 2 heterocycles. The predicted molar refractivity (Wildman–Crippen MR) is 136 cm³/mol. The summed E-state index contributed by atoms with van der Waals surface area (Å²) >= 11 is 0. The second kappa shape index (κ2) is 11.5. The molecule has 6 N–H and O–H groups in total. The van der Waals surface area contributed by atoms with Crippen molar-refractivity contribution < 1.29 is 28.6 Å². The van der Waals surface area contributed by atoms with E-state index < -0.39 is 28.8 Å². The van der Waals surface area contributed by atoms with Crippen molar-refractivity contribution in [3.63, 3.8) is 0 Å². The van der Waals surface area contributed by atoms with Gasteiger partial charge in [0, 0.05) is 29.3 Å². The fourth-order valence-corrected chi connectivity index (χ4v) is 3.88. The minimum Gasteiger partial charge on any atom is -0.507 e. The van der Waals surface area contributed by atoms with Gasteiger partial charge in [0.2, 0.25) is 5.91 Å². The van der Waals surface area contributed by atoms with Gasteiger partial charge in [0.1, 0.15) is 22.3 Å². The number of aromatic nitrogens is 3. The SMILES string of the molecule is COc1ccc(O)c(C(=O)c2ccc(C(N)=O)cc2)c1F.O=C(N[C@H]1CCNC1)c1ccc2n[nH]nc2c1. The maximum absolute atomic E-state index is 14.1. The molecule has 0 bridgehead atoms. The largest absolute Gasteiger partial charge is 0.507 e. The van der Waals surface area contributed by atoms with Crippen LogP contribution in [0.4, 0.5) is 4.39 Å². The van der Waals surface area contributed by atoms with Crippen LogP contribution in [0.5, 0.6) is 11.5 Å². The number of benzene rings is 3. The van der Waals surface area contributed by atoms with Crippen LogP contribution in [0.3, 0.4) is 0 Å². The van der Waals surface area contributed by atoms with Crippen molar-refractivity contribution in [3.8, 4) is 11.5 Å². The van der Waals surface area contributed by atoms with E-state index in [-0.39, 0.29) is 28.8 Å². The lowest BCUT2D eigenvalue weighted by Crippen LogP contribution is -2.36. The van der Waals surface area contributed by atoms with E-state index in [4.69, 9.17) is 10.5 Å². The molecule has 0 saturated carbocycles. The maximum atomic E-state index is 14.1. The van der Waals surface area contributed by atoms with Gasteiger partial charge >= 0.3 is 0 Å². The minimum atomic E-state index is -0.943. The van der Waals surface area contributed by atoms with E-state index in [2.05, 4.69) is 26.0 Å². The Balaban J connectivity index is 0.000000180. The number of phenols is 1. The monoisotopic (exact) mass is 520 g/mol. The average Bonchev–Trinajstić information content (AvgIpc) is 3.61. The van der Waals surface area contributed by atoms with Gasteiger partial charge in [-0.3, -0.25) is 14.4 Å². The van der Waals surface area contributed by atoms with Crippen LogP contribution < -0.4 is 21.1 Å². The standard InChI is InChI=1S/C15H12FNO4.C11H13N5O/c1-21-11-7-6-10(18)12(13(11)16)14(19)8-2-4-9(5-3-8)15(17)20;17-11(13-8-3-4-12-6-8)7-1-2-9-10(5-7)15-16-14-9/h2-7,18H,1H3,(H2,17,20);1-2,5,8,12H,3-4,6H2,(H,13,17)(H,14,15,16)/t;8-/m.0/s1. The number of carbonyl (C=O) groups is 3. The first-order chi connectivity index (χ1) is 18.3. The number of rotatable bonds is 6. The highest BCUT2D eigenvalue weighted by Gasteiger charge is 2.22. The molecule has 196 valence electrons. The number of nitrogens with zero attached hydrogens (tertiary/aromatic N) is 2. The number of ether oxygens (including phenoxy) is 1. The zero-order chi connectivity index (χ0) is 27.2. The normalized spacial score (nSPS) is 14.4. The van der Waals surface area contributed by atoms with Crippen molar-refractivity contribution in [1.82, 2.24) is 26.0 Å². The number of aromatic amines is 1. The molecule has 12 heteroatoms. The summed E-state index contributed by atoms with van der Waals surface area (Å²) in [6.45, 7) is 1.81. The minimum absolute atomic E-state index is 0.0522. The number of H-pyrrole nitrogens is 1. The average molecular weight is 521 g/mol. The Hall–Kier alpha value is -4.84. The molecule has 1 atom stereocenters. The van der Waals surface area contributed by atoms with Crippen molar-refractivity contribution in [2.75, 3.05) is 20.2 Å². The summed E-state index contributed by atoms with van der Waals surface area (Å²) in [5.41, 5.74) is 7.05. The van der Waals surface area contributed by atoms with Gasteiger partial charge in [0.25, 0.3) is 5.91 Å². The van der Waals surface area contributed by atoms with Crippen LogP contribution in [-0.4, -0.2) is 64.4 Å². The molecular weight excluding hydrogens is 495 g/mol. The van der Waals surface area contributed by atoms with E-state index in [1.807, 2.05) is 0 Å². The number of ketones is 1. The third kappa shape index (κ3) is 5.76. The number of primary amides is 1. The molecular formula is C26H25FN6O5. The Kier molecular flexibility index (Phi) is 7.92. The summed E-state index contributed by atoms with van der Waals surface area (Å²) in [4.78, 5) is 35.2. The fourth-order valence-electron chi connectivity index (χ4n) is 3.88. The molecule has 1 fully saturated rings. The van der Waals surface area contributed by atoms with Crippen LogP contribution in [0.25, 0.3) is 11.0 Å².